The lowest BCUT2D eigenvalue weighted by molar-refractivity contribution is 0.411. The third-order valence-corrected chi connectivity index (χ3v) is 3.03. The van der Waals surface area contributed by atoms with Gasteiger partial charge in [0, 0.05) is 11.3 Å². The van der Waals surface area contributed by atoms with Crippen molar-refractivity contribution in [2.75, 3.05) is 12.4 Å². The van der Waals surface area contributed by atoms with E-state index in [1.54, 1.807) is 25.3 Å². The van der Waals surface area contributed by atoms with Gasteiger partial charge in [-0.3, -0.25) is 0 Å². The lowest BCUT2D eigenvalue weighted by Crippen LogP contribution is -2.22. The standard InChI is InChI=1S/C16H19N3O2/c1-11-3-5-13(6-4-11)19-16(17)18-10-12-9-14(21-2)7-8-15(12)20/h3-9,20H,10H2,1-2H3,(H3,17,18,19). The molecule has 2 rings (SSSR count). The van der Waals surface area contributed by atoms with Gasteiger partial charge < -0.3 is 20.9 Å². The average Bonchev–Trinajstić information content (AvgIpc) is 2.49. The summed E-state index contributed by atoms with van der Waals surface area (Å²) in [6.45, 7) is 2.29. The molecule has 0 amide bonds. The Balaban J connectivity index is 2.04. The number of hydrogen-bond donors (Lipinski definition) is 3. The van der Waals surface area contributed by atoms with Crippen molar-refractivity contribution in [2.24, 2.45) is 10.7 Å². The van der Waals surface area contributed by atoms with Crippen LogP contribution >= 0.6 is 0 Å². The summed E-state index contributed by atoms with van der Waals surface area (Å²) in [5.41, 5.74) is 8.54. The molecule has 0 bridgehead atoms. The molecule has 4 N–H and O–H groups in total. The van der Waals surface area contributed by atoms with E-state index in [0.717, 1.165) is 5.69 Å². The van der Waals surface area contributed by atoms with Crippen molar-refractivity contribution in [3.8, 4) is 11.5 Å². The smallest absolute Gasteiger partial charge is 0.193 e. The molecular formula is C16H19N3O2. The molecule has 0 saturated carbocycles. The van der Waals surface area contributed by atoms with E-state index in [1.165, 1.54) is 5.56 Å². The van der Waals surface area contributed by atoms with Crippen molar-refractivity contribution >= 4 is 11.6 Å². The van der Waals surface area contributed by atoms with E-state index in [9.17, 15) is 5.11 Å². The second kappa shape index (κ2) is 6.65. The van der Waals surface area contributed by atoms with Crippen molar-refractivity contribution < 1.29 is 9.84 Å². The molecule has 21 heavy (non-hydrogen) atoms. The molecule has 2 aromatic rings. The molecule has 0 saturated heterocycles. The van der Waals surface area contributed by atoms with Crippen molar-refractivity contribution in [1.29, 1.82) is 0 Å². The zero-order chi connectivity index (χ0) is 15.2. The van der Waals surface area contributed by atoms with Crippen LogP contribution in [-0.4, -0.2) is 18.2 Å². The third kappa shape index (κ3) is 4.14. The Morgan fingerprint density at radius 3 is 2.62 bits per heavy atom. The Morgan fingerprint density at radius 1 is 1.24 bits per heavy atom. The molecule has 0 spiro atoms. The highest BCUT2D eigenvalue weighted by Gasteiger charge is 2.03. The predicted octanol–water partition coefficient (Wildman–Crippen LogP) is 2.64. The molecule has 0 radical (unpaired) electrons. The van der Waals surface area contributed by atoms with Crippen LogP contribution in [0, 0.1) is 6.92 Å². The molecule has 110 valence electrons. The van der Waals surface area contributed by atoms with E-state index in [0.29, 0.717) is 17.3 Å². The number of ether oxygens (including phenoxy) is 1. The monoisotopic (exact) mass is 285 g/mol. The largest absolute Gasteiger partial charge is 0.508 e. The number of phenolic OH excluding ortho intramolecular Hbond substituents is 1. The first-order valence-corrected chi connectivity index (χ1v) is 6.58. The van der Waals surface area contributed by atoms with E-state index < -0.39 is 0 Å². The third-order valence-electron chi connectivity index (χ3n) is 3.03. The van der Waals surface area contributed by atoms with Crippen LogP contribution in [0.4, 0.5) is 5.69 Å². The van der Waals surface area contributed by atoms with Gasteiger partial charge in [-0.1, -0.05) is 17.7 Å². The van der Waals surface area contributed by atoms with Gasteiger partial charge in [0.25, 0.3) is 0 Å². The highest BCUT2D eigenvalue weighted by atomic mass is 16.5. The zero-order valence-electron chi connectivity index (χ0n) is 12.1. The van der Waals surface area contributed by atoms with Gasteiger partial charge in [-0.05, 0) is 37.3 Å². The Bertz CT molecular complexity index is 636. The van der Waals surface area contributed by atoms with Crippen LogP contribution in [0.2, 0.25) is 0 Å². The van der Waals surface area contributed by atoms with E-state index >= 15 is 0 Å². The number of hydrogen-bond acceptors (Lipinski definition) is 3. The number of nitrogens with zero attached hydrogens (tertiary/aromatic N) is 1. The van der Waals surface area contributed by atoms with Gasteiger partial charge in [0.15, 0.2) is 5.96 Å². The summed E-state index contributed by atoms with van der Waals surface area (Å²) in [5.74, 6) is 1.13. The Kier molecular flexibility index (Phi) is 4.66. The van der Waals surface area contributed by atoms with E-state index in [4.69, 9.17) is 10.5 Å². The van der Waals surface area contributed by atoms with Crippen molar-refractivity contribution in [2.45, 2.75) is 13.5 Å². The van der Waals surface area contributed by atoms with Crippen molar-refractivity contribution in [3.05, 3.63) is 53.6 Å². The molecular weight excluding hydrogens is 266 g/mol. The molecule has 0 unspecified atom stereocenters. The van der Waals surface area contributed by atoms with Crippen LogP contribution in [0.15, 0.2) is 47.5 Å². The van der Waals surface area contributed by atoms with Gasteiger partial charge in [-0.2, -0.15) is 0 Å². The van der Waals surface area contributed by atoms with E-state index in [-0.39, 0.29) is 12.3 Å². The van der Waals surface area contributed by atoms with E-state index in [2.05, 4.69) is 10.3 Å². The predicted molar refractivity (Wildman–Crippen MR) is 84.8 cm³/mol. The number of guanidine groups is 1. The summed E-state index contributed by atoms with van der Waals surface area (Å²) in [6.07, 6.45) is 0. The summed E-state index contributed by atoms with van der Waals surface area (Å²) in [7, 11) is 1.58. The minimum atomic E-state index is 0.169. The minimum Gasteiger partial charge on any atom is -0.508 e. The second-order valence-electron chi connectivity index (χ2n) is 4.69. The molecule has 0 aromatic heterocycles. The summed E-state index contributed by atoms with van der Waals surface area (Å²) in [6, 6.07) is 12.8. The molecule has 2 aromatic carbocycles. The first kappa shape index (κ1) is 14.7. The van der Waals surface area contributed by atoms with Crippen LogP contribution in [0.5, 0.6) is 11.5 Å². The topological polar surface area (TPSA) is 79.9 Å². The number of anilines is 1. The van der Waals surface area contributed by atoms with Crippen LogP contribution in [-0.2, 0) is 6.54 Å². The quantitative estimate of drug-likeness (QED) is 0.596. The summed E-state index contributed by atoms with van der Waals surface area (Å²) < 4.78 is 5.12. The Hall–Kier alpha value is -2.69. The minimum absolute atomic E-state index is 0.169. The van der Waals surface area contributed by atoms with Gasteiger partial charge in [0.2, 0.25) is 0 Å². The van der Waals surface area contributed by atoms with Crippen LogP contribution in [0.3, 0.4) is 0 Å². The van der Waals surface area contributed by atoms with Crippen molar-refractivity contribution in [1.82, 2.24) is 0 Å². The molecule has 0 aliphatic carbocycles. The lowest BCUT2D eigenvalue weighted by atomic mass is 10.2. The fraction of sp³-hybridized carbons (Fsp3) is 0.188. The maximum atomic E-state index is 9.78. The molecule has 0 fully saturated rings. The maximum Gasteiger partial charge on any atom is 0.193 e. The van der Waals surface area contributed by atoms with Crippen molar-refractivity contribution in [3.63, 3.8) is 0 Å². The fourth-order valence-electron chi connectivity index (χ4n) is 1.81. The number of aromatic hydroxyl groups is 1. The van der Waals surface area contributed by atoms with Crippen LogP contribution < -0.4 is 15.8 Å². The number of aryl methyl sites for hydroxylation is 1. The first-order chi connectivity index (χ1) is 10.1. The van der Waals surface area contributed by atoms with Gasteiger partial charge in [-0.15, -0.1) is 0 Å². The number of benzene rings is 2. The van der Waals surface area contributed by atoms with Gasteiger partial charge in [0.1, 0.15) is 11.5 Å². The molecule has 0 aliphatic heterocycles. The molecule has 5 nitrogen and oxygen atoms in total. The highest BCUT2D eigenvalue weighted by molar-refractivity contribution is 5.92. The number of phenols is 1. The van der Waals surface area contributed by atoms with Gasteiger partial charge in [0.05, 0.1) is 13.7 Å². The maximum absolute atomic E-state index is 9.78. The number of nitrogens with one attached hydrogen (secondary N) is 1. The molecule has 0 heterocycles. The SMILES string of the molecule is COc1ccc(O)c(CN=C(N)Nc2ccc(C)cc2)c1. The summed E-state index contributed by atoms with van der Waals surface area (Å²) in [4.78, 5) is 4.22. The fourth-order valence-corrected chi connectivity index (χ4v) is 1.81. The molecule has 0 atom stereocenters. The highest BCUT2D eigenvalue weighted by Crippen LogP contribution is 2.23. The van der Waals surface area contributed by atoms with Gasteiger partial charge >= 0.3 is 0 Å². The first-order valence-electron chi connectivity index (χ1n) is 6.58. The van der Waals surface area contributed by atoms with E-state index in [1.807, 2.05) is 31.2 Å². The number of methoxy groups -OCH3 is 1. The van der Waals surface area contributed by atoms with Crippen LogP contribution in [0.25, 0.3) is 0 Å². The lowest BCUT2D eigenvalue weighted by Gasteiger charge is -2.07. The average molecular weight is 285 g/mol. The zero-order valence-corrected chi connectivity index (χ0v) is 12.1. The van der Waals surface area contributed by atoms with Gasteiger partial charge in [-0.25, -0.2) is 4.99 Å². The van der Waals surface area contributed by atoms with Crippen LogP contribution in [0.1, 0.15) is 11.1 Å². The number of rotatable bonds is 4. The Morgan fingerprint density at radius 2 is 1.95 bits per heavy atom. The summed E-state index contributed by atoms with van der Waals surface area (Å²) in [5, 5.41) is 12.8. The number of nitrogens with two attached hydrogens (primary N) is 1. The molecule has 0 aliphatic rings. The summed E-state index contributed by atoms with van der Waals surface area (Å²) >= 11 is 0. The molecule has 5 heteroatoms. The second-order valence-corrected chi connectivity index (χ2v) is 4.69. The normalized spacial score (nSPS) is 11.2. The number of aliphatic imine (C=N–C) groups is 1. The Labute approximate surface area is 124 Å².